The Morgan fingerprint density at radius 2 is 0.287 bits per heavy atom. The molecular weight excluding hydrogens is 1770 g/mol. The minimum absolute atomic E-state index is 0.182. The van der Waals surface area contributed by atoms with E-state index in [-0.39, 0.29) is 106 Å². The molecule has 754 valence electrons. The van der Waals surface area contributed by atoms with E-state index in [0.717, 1.165) is 0 Å². The summed E-state index contributed by atoms with van der Waals surface area (Å²) in [5, 5.41) is 0. The minimum atomic E-state index is 0.182. The van der Waals surface area contributed by atoms with Crippen molar-refractivity contribution in [2.45, 2.75) is 0 Å². The van der Waals surface area contributed by atoms with Gasteiger partial charge < -0.3 is 162 Å². The third kappa shape index (κ3) is 43.1. The summed E-state index contributed by atoms with van der Waals surface area (Å²) in [5.41, 5.74) is 10.1. The minimum Gasteiger partial charge on any atom is -0.491 e. The van der Waals surface area contributed by atoms with Gasteiger partial charge in [0.05, 0.1) is 287 Å². The molecule has 0 spiro atoms. The van der Waals surface area contributed by atoms with Gasteiger partial charge in [-0.2, -0.15) is 0 Å². The first kappa shape index (κ1) is 111. The molecule has 36 nitrogen and oxygen atoms in total. The Balaban J connectivity index is 1.31. The highest BCUT2D eigenvalue weighted by atomic mass is 16.6. The standard InChI is InChI=1S/C100H142N4O32/c1-105-17-25-113-33-41-121-49-57-129-81-65-77(66-82(73-81)130-58-50-122-42-34-114-26-18-106-2)97-89-9-11-91(101-89)98(78-67-83(131-59-51-123-43-35-115-27-19-107-3)74-84(68-78)132-60-52-124-44-36-116-28-20-108-4)93-13-15-95(103-93)100(80-71-87(135-63-55-127-47-39-119-31-23-111-7)76-88(72-80)136-64-56-128-48-40-120-32-24-112-8)96-16-14-94(104-96)99(92-12-10-90(97)102-92)79-69-85(133-61-53-125-45-37-117-29-21-109-5)75-86(70-79)134-62-54-126-46-38-118-30-22-110-6/h9-16,65-76,101,104H,17-64H2,1-8H3. The van der Waals surface area contributed by atoms with Crippen LogP contribution in [0.5, 0.6) is 46.0 Å². The number of ether oxygens (including phenoxy) is 32. The van der Waals surface area contributed by atoms with E-state index in [1.54, 1.807) is 56.9 Å². The summed E-state index contributed by atoms with van der Waals surface area (Å²) < 4.78 is 189. The normalized spacial score (nSPS) is 11.8. The number of nitrogens with one attached hydrogen (secondary N) is 2. The predicted octanol–water partition coefficient (Wildman–Crippen LogP) is 11.8. The van der Waals surface area contributed by atoms with E-state index in [2.05, 4.69) is 9.97 Å². The van der Waals surface area contributed by atoms with Crippen molar-refractivity contribution in [1.82, 2.24) is 19.9 Å². The van der Waals surface area contributed by atoms with E-state index in [0.29, 0.717) is 347 Å². The third-order valence-corrected chi connectivity index (χ3v) is 19.8. The molecule has 2 aliphatic rings. The molecule has 2 N–H and O–H groups in total. The molecule has 4 aromatic carbocycles. The predicted molar refractivity (Wildman–Crippen MR) is 513 cm³/mol. The van der Waals surface area contributed by atoms with Crippen molar-refractivity contribution >= 4 is 46.4 Å². The highest BCUT2D eigenvalue weighted by Crippen LogP contribution is 2.44. The topological polar surface area (TPSA) is 353 Å². The summed E-state index contributed by atoms with van der Waals surface area (Å²) in [5.74, 6) is 3.88. The van der Waals surface area contributed by atoms with Gasteiger partial charge in [-0.15, -0.1) is 0 Å². The van der Waals surface area contributed by atoms with Crippen LogP contribution in [0.1, 0.15) is 22.8 Å². The molecule has 0 aliphatic carbocycles. The number of H-pyrrole nitrogens is 2. The Labute approximate surface area is 798 Å². The van der Waals surface area contributed by atoms with Gasteiger partial charge in [0.15, 0.2) is 0 Å². The Kier molecular flexibility index (Phi) is 57.3. The van der Waals surface area contributed by atoms with Crippen LogP contribution in [0.2, 0.25) is 0 Å². The van der Waals surface area contributed by atoms with Gasteiger partial charge in [0.1, 0.15) is 98.9 Å². The molecule has 0 fully saturated rings. The first-order chi connectivity index (χ1) is 67.3. The van der Waals surface area contributed by atoms with Crippen LogP contribution in [-0.4, -0.2) is 394 Å². The van der Waals surface area contributed by atoms with Crippen LogP contribution in [0, 0.1) is 0 Å². The molecule has 0 atom stereocenters. The molecule has 9 rings (SSSR count). The van der Waals surface area contributed by atoms with Crippen LogP contribution < -0.4 is 37.9 Å². The summed E-state index contributed by atoms with van der Waals surface area (Å²) in [6, 6.07) is 31.3. The van der Waals surface area contributed by atoms with Gasteiger partial charge in [-0.05, 0) is 119 Å². The molecule has 0 saturated carbocycles. The molecule has 8 bridgehead atoms. The van der Waals surface area contributed by atoms with Crippen molar-refractivity contribution in [2.24, 2.45) is 0 Å². The Bertz CT molecular complexity index is 3890. The van der Waals surface area contributed by atoms with E-state index in [1.807, 2.05) is 121 Å². The largest absolute Gasteiger partial charge is 0.491 e. The first-order valence-electron chi connectivity index (χ1n) is 46.2. The maximum Gasteiger partial charge on any atom is 0.123 e. The van der Waals surface area contributed by atoms with Crippen LogP contribution in [0.4, 0.5) is 0 Å². The number of fused-ring (bicyclic) bond motifs is 8. The fraction of sp³-hybridized carbons (Fsp3) is 0.560. The van der Waals surface area contributed by atoms with Gasteiger partial charge in [0, 0.05) is 125 Å². The summed E-state index contributed by atoms with van der Waals surface area (Å²) in [7, 11) is 13.1. The lowest BCUT2D eigenvalue weighted by Crippen LogP contribution is -2.13. The molecular formula is C100H142N4O32. The molecule has 0 amide bonds. The average Bonchev–Trinajstić information content (AvgIpc) is 1.61. The number of hydrogen-bond acceptors (Lipinski definition) is 34. The summed E-state index contributed by atoms with van der Waals surface area (Å²) in [6.45, 7) is 16.6. The summed E-state index contributed by atoms with van der Waals surface area (Å²) in [4.78, 5) is 19.5. The quantitative estimate of drug-likeness (QED) is 0.0334. The molecule has 5 heterocycles. The van der Waals surface area contributed by atoms with Gasteiger partial charge in [-0.3, -0.25) is 0 Å². The van der Waals surface area contributed by atoms with Crippen LogP contribution in [0.15, 0.2) is 97.1 Å². The lowest BCUT2D eigenvalue weighted by Gasteiger charge is -2.15. The second-order valence-electron chi connectivity index (χ2n) is 29.8. The fourth-order valence-electron chi connectivity index (χ4n) is 13.4. The summed E-state index contributed by atoms with van der Waals surface area (Å²) >= 11 is 0. The number of methoxy groups -OCH3 is 8. The molecule has 7 aromatic rings. The molecule has 0 saturated heterocycles. The van der Waals surface area contributed by atoms with Gasteiger partial charge in [0.25, 0.3) is 0 Å². The van der Waals surface area contributed by atoms with Crippen molar-refractivity contribution in [2.75, 3.05) is 374 Å². The summed E-state index contributed by atoms with van der Waals surface area (Å²) in [6.07, 6.45) is 8.00. The van der Waals surface area contributed by atoms with E-state index in [4.69, 9.17) is 162 Å². The lowest BCUT2D eigenvalue weighted by molar-refractivity contribution is 0.0174. The monoisotopic (exact) mass is 1910 g/mol. The van der Waals surface area contributed by atoms with Gasteiger partial charge in [-0.25, -0.2) is 9.97 Å². The Morgan fingerprint density at radius 1 is 0.162 bits per heavy atom. The third-order valence-electron chi connectivity index (χ3n) is 19.8. The van der Waals surface area contributed by atoms with Crippen LogP contribution >= 0.6 is 0 Å². The number of rotatable bonds is 84. The molecule has 0 unspecified atom stereocenters. The zero-order valence-electron chi connectivity index (χ0n) is 80.4. The molecule has 3 aromatic heterocycles. The van der Waals surface area contributed by atoms with E-state index >= 15 is 0 Å². The number of aromatic amines is 2. The Morgan fingerprint density at radius 3 is 0.419 bits per heavy atom. The smallest absolute Gasteiger partial charge is 0.123 e. The van der Waals surface area contributed by atoms with Crippen molar-refractivity contribution in [3.8, 4) is 90.5 Å². The highest BCUT2D eigenvalue weighted by Gasteiger charge is 2.24. The SMILES string of the molecule is COCCOCCOCCOc1cc(OCCOCCOCCOC)cc(-c2c3nc(c(-c4cc(OCCOCCOCCOC)cc(OCCOCCOCCOC)c4)c4ccc([nH]4)c(-c4cc(OCCOCCOCCOC)cc(OCCOCCOCCOC)c4)c4nc(c(-c5cc(OCCOCCOCCOC)cc(OCCOCCOCCOC)c5)c5ccc2[nH]5)C=C4)C=C3)c1. The molecule has 136 heavy (non-hydrogen) atoms. The van der Waals surface area contributed by atoms with Gasteiger partial charge >= 0.3 is 0 Å². The number of hydrogen-bond donors (Lipinski definition) is 2. The molecule has 36 heteroatoms. The Hall–Kier alpha value is -9.08. The highest BCUT2D eigenvalue weighted by molar-refractivity contribution is 6.00. The molecule has 2 aliphatic heterocycles. The van der Waals surface area contributed by atoms with Crippen LogP contribution in [-0.2, 0) is 114 Å². The average molecular weight is 1910 g/mol. The zero-order chi connectivity index (χ0) is 95.4. The van der Waals surface area contributed by atoms with E-state index < -0.39 is 0 Å². The zero-order valence-corrected chi connectivity index (χ0v) is 80.4. The number of benzene rings is 4. The fourth-order valence-corrected chi connectivity index (χ4v) is 13.4. The molecule has 0 radical (unpaired) electrons. The van der Waals surface area contributed by atoms with Gasteiger partial charge in [-0.1, -0.05) is 0 Å². The maximum absolute atomic E-state index is 6.66. The maximum atomic E-state index is 6.66. The van der Waals surface area contributed by atoms with Crippen LogP contribution in [0.25, 0.3) is 90.9 Å². The van der Waals surface area contributed by atoms with E-state index in [9.17, 15) is 0 Å². The lowest BCUT2D eigenvalue weighted by atomic mass is 10.0. The number of aromatic nitrogens is 4. The van der Waals surface area contributed by atoms with Crippen molar-refractivity contribution < 1.29 is 152 Å². The van der Waals surface area contributed by atoms with Gasteiger partial charge in [0.2, 0.25) is 0 Å². The second-order valence-corrected chi connectivity index (χ2v) is 29.8. The number of nitrogens with zero attached hydrogens (tertiary/aromatic N) is 2. The van der Waals surface area contributed by atoms with Crippen molar-refractivity contribution in [3.05, 3.63) is 120 Å². The van der Waals surface area contributed by atoms with Crippen molar-refractivity contribution in [3.63, 3.8) is 0 Å². The first-order valence-corrected chi connectivity index (χ1v) is 46.2. The van der Waals surface area contributed by atoms with Crippen LogP contribution in [0.3, 0.4) is 0 Å². The second kappa shape index (κ2) is 70.5. The van der Waals surface area contributed by atoms with Crippen molar-refractivity contribution in [1.29, 1.82) is 0 Å². The van der Waals surface area contributed by atoms with E-state index in [1.165, 1.54) is 0 Å².